The van der Waals surface area contributed by atoms with E-state index in [1.54, 1.807) is 6.07 Å². The van der Waals surface area contributed by atoms with E-state index in [-0.39, 0.29) is 5.91 Å². The standard InChI is InChI=1S/C13H22N4O2/c1-9(2)11-6-13(19-16-11)15-12(18)8-17-5-4-14-7-10(17)3/h6,9-10,14H,4-5,7-8H2,1-3H3,(H,15,18)/t10-/m0/s1. The third-order valence-corrected chi connectivity index (χ3v) is 3.37. The number of nitrogens with zero attached hydrogens (tertiary/aromatic N) is 2. The van der Waals surface area contributed by atoms with Crippen LogP contribution in [0.2, 0.25) is 0 Å². The van der Waals surface area contributed by atoms with E-state index in [9.17, 15) is 4.79 Å². The zero-order valence-corrected chi connectivity index (χ0v) is 11.8. The summed E-state index contributed by atoms with van der Waals surface area (Å²) in [5, 5.41) is 9.97. The molecule has 106 valence electrons. The summed E-state index contributed by atoms with van der Waals surface area (Å²) in [5.41, 5.74) is 0.853. The van der Waals surface area contributed by atoms with Crippen LogP contribution in [0.5, 0.6) is 0 Å². The summed E-state index contributed by atoms with van der Waals surface area (Å²) in [6.45, 7) is 9.32. The third-order valence-electron chi connectivity index (χ3n) is 3.37. The number of piperazine rings is 1. The fourth-order valence-corrected chi connectivity index (χ4v) is 2.10. The van der Waals surface area contributed by atoms with Crippen LogP contribution in [0.3, 0.4) is 0 Å². The molecule has 6 heteroatoms. The fourth-order valence-electron chi connectivity index (χ4n) is 2.10. The molecule has 2 N–H and O–H groups in total. The first-order valence-electron chi connectivity index (χ1n) is 6.77. The van der Waals surface area contributed by atoms with Crippen LogP contribution in [0.4, 0.5) is 5.88 Å². The van der Waals surface area contributed by atoms with Crippen molar-refractivity contribution in [3.05, 3.63) is 11.8 Å². The minimum Gasteiger partial charge on any atom is -0.338 e. The van der Waals surface area contributed by atoms with Crippen LogP contribution in [0.25, 0.3) is 0 Å². The van der Waals surface area contributed by atoms with Gasteiger partial charge in [0.1, 0.15) is 0 Å². The van der Waals surface area contributed by atoms with Gasteiger partial charge in [-0.3, -0.25) is 15.0 Å². The Bertz CT molecular complexity index is 430. The highest BCUT2D eigenvalue weighted by Crippen LogP contribution is 2.17. The molecule has 1 aromatic rings. The number of rotatable bonds is 4. The SMILES string of the molecule is CC(C)c1cc(NC(=O)CN2CCNC[C@@H]2C)on1. The zero-order chi connectivity index (χ0) is 13.8. The summed E-state index contributed by atoms with van der Waals surface area (Å²) in [7, 11) is 0. The second-order valence-corrected chi connectivity index (χ2v) is 5.34. The largest absolute Gasteiger partial charge is 0.338 e. The van der Waals surface area contributed by atoms with Gasteiger partial charge in [0, 0.05) is 31.7 Å². The molecule has 0 spiro atoms. The van der Waals surface area contributed by atoms with Crippen molar-refractivity contribution in [1.82, 2.24) is 15.4 Å². The second kappa shape index (κ2) is 6.16. The highest BCUT2D eigenvalue weighted by molar-refractivity contribution is 5.91. The summed E-state index contributed by atoms with van der Waals surface area (Å²) >= 11 is 0. The maximum absolute atomic E-state index is 11.9. The van der Waals surface area contributed by atoms with Gasteiger partial charge in [-0.2, -0.15) is 0 Å². The van der Waals surface area contributed by atoms with Gasteiger partial charge in [-0.05, 0) is 12.8 Å². The first-order chi connectivity index (χ1) is 9.06. The molecule has 0 bridgehead atoms. The van der Waals surface area contributed by atoms with Crippen LogP contribution >= 0.6 is 0 Å². The van der Waals surface area contributed by atoms with Crippen molar-refractivity contribution >= 4 is 11.8 Å². The Kier molecular flexibility index (Phi) is 4.55. The monoisotopic (exact) mass is 266 g/mol. The number of aromatic nitrogens is 1. The molecular weight excluding hydrogens is 244 g/mol. The lowest BCUT2D eigenvalue weighted by Crippen LogP contribution is -2.51. The zero-order valence-electron chi connectivity index (χ0n) is 11.8. The van der Waals surface area contributed by atoms with Crippen LogP contribution < -0.4 is 10.6 Å². The molecule has 1 saturated heterocycles. The van der Waals surface area contributed by atoms with Crippen LogP contribution in [-0.4, -0.2) is 48.2 Å². The molecule has 1 aliphatic heterocycles. The van der Waals surface area contributed by atoms with Gasteiger partial charge in [-0.15, -0.1) is 0 Å². The van der Waals surface area contributed by atoms with E-state index in [1.807, 2.05) is 13.8 Å². The smallest absolute Gasteiger partial charge is 0.240 e. The Labute approximate surface area is 113 Å². The Morgan fingerprint density at radius 2 is 2.47 bits per heavy atom. The molecule has 0 unspecified atom stereocenters. The molecule has 2 rings (SSSR count). The molecule has 0 saturated carbocycles. The maximum Gasteiger partial charge on any atom is 0.240 e. The van der Waals surface area contributed by atoms with Gasteiger partial charge in [0.2, 0.25) is 11.8 Å². The van der Waals surface area contributed by atoms with Crippen molar-refractivity contribution < 1.29 is 9.32 Å². The minimum atomic E-state index is -0.0554. The van der Waals surface area contributed by atoms with Crippen molar-refractivity contribution in [2.45, 2.75) is 32.7 Å². The van der Waals surface area contributed by atoms with Gasteiger partial charge in [0.05, 0.1) is 12.2 Å². The van der Waals surface area contributed by atoms with Gasteiger partial charge in [-0.1, -0.05) is 19.0 Å². The van der Waals surface area contributed by atoms with E-state index in [0.717, 1.165) is 25.3 Å². The average molecular weight is 266 g/mol. The van der Waals surface area contributed by atoms with Gasteiger partial charge >= 0.3 is 0 Å². The first kappa shape index (κ1) is 14.0. The maximum atomic E-state index is 11.9. The lowest BCUT2D eigenvalue weighted by molar-refractivity contribution is -0.118. The average Bonchev–Trinajstić information content (AvgIpc) is 2.80. The molecule has 1 aliphatic rings. The normalized spacial score (nSPS) is 20.7. The molecular formula is C13H22N4O2. The Hall–Kier alpha value is -1.40. The molecule has 19 heavy (non-hydrogen) atoms. The predicted octanol–water partition coefficient (Wildman–Crippen LogP) is 1.03. The van der Waals surface area contributed by atoms with E-state index in [0.29, 0.717) is 24.4 Å². The topological polar surface area (TPSA) is 70.4 Å². The van der Waals surface area contributed by atoms with E-state index in [2.05, 4.69) is 27.6 Å². The van der Waals surface area contributed by atoms with Crippen LogP contribution in [0, 0.1) is 0 Å². The van der Waals surface area contributed by atoms with Crippen LogP contribution in [0.1, 0.15) is 32.4 Å². The van der Waals surface area contributed by atoms with E-state index >= 15 is 0 Å². The molecule has 0 aliphatic carbocycles. The number of amides is 1. The highest BCUT2D eigenvalue weighted by Gasteiger charge is 2.20. The number of carbonyl (C=O) groups excluding carboxylic acids is 1. The van der Waals surface area contributed by atoms with Crippen molar-refractivity contribution in [2.75, 3.05) is 31.5 Å². The second-order valence-electron chi connectivity index (χ2n) is 5.34. The van der Waals surface area contributed by atoms with Crippen LogP contribution in [0.15, 0.2) is 10.6 Å². The molecule has 1 fully saturated rings. The Morgan fingerprint density at radius 3 is 3.11 bits per heavy atom. The van der Waals surface area contributed by atoms with Gasteiger partial charge < -0.3 is 9.84 Å². The summed E-state index contributed by atoms with van der Waals surface area (Å²) in [6, 6.07) is 2.16. The first-order valence-corrected chi connectivity index (χ1v) is 6.77. The quantitative estimate of drug-likeness (QED) is 0.852. The molecule has 6 nitrogen and oxygen atoms in total. The number of anilines is 1. The summed E-state index contributed by atoms with van der Waals surface area (Å²) in [4.78, 5) is 14.1. The molecule has 0 aromatic carbocycles. The number of hydrogen-bond donors (Lipinski definition) is 2. The lowest BCUT2D eigenvalue weighted by atomic mass is 10.1. The molecule has 1 atom stereocenters. The molecule has 1 amide bonds. The van der Waals surface area contributed by atoms with E-state index in [4.69, 9.17) is 4.52 Å². The summed E-state index contributed by atoms with van der Waals surface area (Å²) in [6.07, 6.45) is 0. The fraction of sp³-hybridized carbons (Fsp3) is 0.692. The van der Waals surface area contributed by atoms with Gasteiger partial charge in [0.25, 0.3) is 0 Å². The Morgan fingerprint density at radius 1 is 1.68 bits per heavy atom. The number of hydrogen-bond acceptors (Lipinski definition) is 5. The van der Waals surface area contributed by atoms with Crippen LogP contribution in [-0.2, 0) is 4.79 Å². The van der Waals surface area contributed by atoms with E-state index in [1.165, 1.54) is 0 Å². The number of nitrogens with one attached hydrogen (secondary N) is 2. The minimum absolute atomic E-state index is 0.0554. The molecule has 2 heterocycles. The number of carbonyl (C=O) groups is 1. The Balaban J connectivity index is 1.86. The van der Waals surface area contributed by atoms with Crippen molar-refractivity contribution in [1.29, 1.82) is 0 Å². The van der Waals surface area contributed by atoms with Crippen molar-refractivity contribution in [2.24, 2.45) is 0 Å². The summed E-state index contributed by atoms with van der Waals surface area (Å²) in [5.74, 6) is 0.666. The van der Waals surface area contributed by atoms with Crippen molar-refractivity contribution in [3.8, 4) is 0 Å². The lowest BCUT2D eigenvalue weighted by Gasteiger charge is -2.33. The molecule has 0 radical (unpaired) electrons. The van der Waals surface area contributed by atoms with E-state index < -0.39 is 0 Å². The predicted molar refractivity (Wildman–Crippen MR) is 73.1 cm³/mol. The summed E-state index contributed by atoms with van der Waals surface area (Å²) < 4.78 is 5.10. The third kappa shape index (κ3) is 3.78. The van der Waals surface area contributed by atoms with Gasteiger partial charge in [-0.25, -0.2) is 0 Å². The van der Waals surface area contributed by atoms with Crippen molar-refractivity contribution in [3.63, 3.8) is 0 Å². The van der Waals surface area contributed by atoms with Gasteiger partial charge in [0.15, 0.2) is 0 Å². The molecule has 1 aromatic heterocycles. The highest BCUT2D eigenvalue weighted by atomic mass is 16.5.